The van der Waals surface area contributed by atoms with Crippen LogP contribution in [0.25, 0.3) is 0 Å². The van der Waals surface area contributed by atoms with Crippen LogP contribution in [0.2, 0.25) is 0 Å². The highest BCUT2D eigenvalue weighted by Gasteiger charge is 2.76. The van der Waals surface area contributed by atoms with E-state index in [4.69, 9.17) is 5.73 Å². The predicted molar refractivity (Wildman–Crippen MR) is 133 cm³/mol. The molecule has 7 atom stereocenters. The zero-order chi connectivity index (χ0) is 23.9. The SMILES string of the molecule is N[C@@H](CO)CN1CC[C@@]23c4cc(O)ccc4C[C@@H]1[C@]21CC[C@@H]2[C@H]3[C@@H](CN2C(=O)c2ccccc2)C1. The van der Waals surface area contributed by atoms with E-state index in [0.717, 1.165) is 57.3 Å². The van der Waals surface area contributed by atoms with Crippen molar-refractivity contribution in [1.29, 1.82) is 0 Å². The van der Waals surface area contributed by atoms with Gasteiger partial charge in [-0.25, -0.2) is 0 Å². The zero-order valence-electron chi connectivity index (χ0n) is 20.1. The Morgan fingerprint density at radius 3 is 2.80 bits per heavy atom. The Morgan fingerprint density at radius 2 is 2.00 bits per heavy atom. The van der Waals surface area contributed by atoms with Crippen molar-refractivity contribution in [1.82, 2.24) is 9.80 Å². The van der Waals surface area contributed by atoms with Gasteiger partial charge in [-0.3, -0.25) is 9.69 Å². The minimum absolute atomic E-state index is 0.00963. The molecular formula is C29H35N3O3. The molecule has 2 saturated heterocycles. The number of phenolic OH excluding ortho intramolecular Hbond substituents is 1. The third-order valence-corrected chi connectivity index (χ3v) is 10.6. The number of fused-ring (bicyclic) bond motifs is 1. The largest absolute Gasteiger partial charge is 0.508 e. The maximum absolute atomic E-state index is 13.6. The summed E-state index contributed by atoms with van der Waals surface area (Å²) in [6.45, 7) is 2.53. The molecule has 2 aliphatic heterocycles. The molecule has 4 bridgehead atoms. The number of hydrogen-bond donors (Lipinski definition) is 3. The number of piperidine rings is 1. The molecule has 1 amide bonds. The lowest BCUT2D eigenvalue weighted by Gasteiger charge is -2.66. The summed E-state index contributed by atoms with van der Waals surface area (Å²) in [5, 5.41) is 20.3. The van der Waals surface area contributed by atoms with Crippen LogP contribution in [0.4, 0.5) is 0 Å². The molecule has 6 nitrogen and oxygen atoms in total. The minimum atomic E-state index is -0.226. The molecule has 2 aromatic carbocycles. The topological polar surface area (TPSA) is 90.0 Å². The lowest BCUT2D eigenvalue weighted by molar-refractivity contribution is -0.103. The molecule has 4 N–H and O–H groups in total. The Bertz CT molecular complexity index is 1170. The second kappa shape index (κ2) is 7.55. The molecule has 5 aliphatic rings. The molecule has 0 unspecified atom stereocenters. The van der Waals surface area contributed by atoms with E-state index in [2.05, 4.69) is 21.9 Å². The normalized spacial score (nSPS) is 37.6. The fraction of sp³-hybridized carbons (Fsp3) is 0.552. The number of nitrogens with two attached hydrogens (primary N) is 1. The molecule has 0 aromatic heterocycles. The van der Waals surface area contributed by atoms with Gasteiger partial charge in [0.25, 0.3) is 5.91 Å². The van der Waals surface area contributed by atoms with Crippen LogP contribution in [0, 0.1) is 17.3 Å². The summed E-state index contributed by atoms with van der Waals surface area (Å²) in [5.74, 6) is 1.44. The van der Waals surface area contributed by atoms with E-state index in [1.807, 2.05) is 36.4 Å². The third kappa shape index (κ3) is 2.73. The molecule has 35 heavy (non-hydrogen) atoms. The van der Waals surface area contributed by atoms with E-state index in [0.29, 0.717) is 23.6 Å². The number of hydrogen-bond acceptors (Lipinski definition) is 5. The monoisotopic (exact) mass is 473 g/mol. The predicted octanol–water partition coefficient (Wildman–Crippen LogP) is 2.52. The number of likely N-dealkylation sites (tertiary alicyclic amines) is 2. The highest BCUT2D eigenvalue weighted by molar-refractivity contribution is 5.94. The lowest BCUT2D eigenvalue weighted by Crippen LogP contribution is -2.70. The maximum Gasteiger partial charge on any atom is 0.254 e. The van der Waals surface area contributed by atoms with Gasteiger partial charge in [0, 0.05) is 42.2 Å². The van der Waals surface area contributed by atoms with Crippen molar-refractivity contribution in [3.8, 4) is 5.75 Å². The van der Waals surface area contributed by atoms with Gasteiger partial charge in [-0.05, 0) is 91.3 Å². The van der Waals surface area contributed by atoms with Gasteiger partial charge in [-0.2, -0.15) is 0 Å². The quantitative estimate of drug-likeness (QED) is 0.635. The smallest absolute Gasteiger partial charge is 0.254 e. The first-order chi connectivity index (χ1) is 17.0. The highest BCUT2D eigenvalue weighted by atomic mass is 16.3. The van der Waals surface area contributed by atoms with Crippen LogP contribution in [0.1, 0.15) is 47.2 Å². The van der Waals surface area contributed by atoms with Gasteiger partial charge in [0.15, 0.2) is 0 Å². The van der Waals surface area contributed by atoms with Gasteiger partial charge in [0.1, 0.15) is 5.75 Å². The van der Waals surface area contributed by atoms with Gasteiger partial charge in [0.05, 0.1) is 6.61 Å². The van der Waals surface area contributed by atoms with Crippen molar-refractivity contribution < 1.29 is 15.0 Å². The van der Waals surface area contributed by atoms with Gasteiger partial charge in [0.2, 0.25) is 0 Å². The van der Waals surface area contributed by atoms with E-state index in [9.17, 15) is 15.0 Å². The number of aliphatic hydroxyl groups is 1. The summed E-state index contributed by atoms with van der Waals surface area (Å²) in [6, 6.07) is 16.2. The first-order valence-corrected chi connectivity index (χ1v) is 13.3. The zero-order valence-corrected chi connectivity index (χ0v) is 20.1. The molecule has 0 spiro atoms. The standard InChI is InChI=1S/C29H35N3O3/c30-21(17-33)16-31-11-10-29-23-13-22(34)7-6-19(23)12-25(31)28(29)9-8-24-26(29)20(14-28)15-32(24)27(35)18-4-2-1-3-5-18/h1-7,13,20-21,24-26,33-34H,8-12,14-17,30H2/t20-,21-,24-,25-,26-,28-,29+/m1/s1. The van der Waals surface area contributed by atoms with Crippen LogP contribution in [0.3, 0.4) is 0 Å². The van der Waals surface area contributed by atoms with Crippen molar-refractivity contribution in [3.05, 3.63) is 65.2 Å². The van der Waals surface area contributed by atoms with Crippen molar-refractivity contribution >= 4 is 5.91 Å². The Balaban J connectivity index is 1.34. The molecule has 7 rings (SSSR count). The Labute approximate surface area is 206 Å². The summed E-state index contributed by atoms with van der Waals surface area (Å²) in [4.78, 5) is 18.4. The molecule has 6 heteroatoms. The average Bonchev–Trinajstić information content (AvgIpc) is 3.32. The van der Waals surface area contributed by atoms with Crippen LogP contribution in [-0.4, -0.2) is 70.3 Å². The summed E-state index contributed by atoms with van der Waals surface area (Å²) < 4.78 is 0. The van der Waals surface area contributed by atoms with Crippen LogP contribution >= 0.6 is 0 Å². The molecule has 2 saturated carbocycles. The summed E-state index contributed by atoms with van der Waals surface area (Å²) in [7, 11) is 0. The number of phenols is 1. The maximum atomic E-state index is 13.6. The van der Waals surface area contributed by atoms with Crippen LogP contribution in [0.15, 0.2) is 48.5 Å². The number of carbonyl (C=O) groups is 1. The number of aliphatic hydroxyl groups excluding tert-OH is 1. The molecular weight excluding hydrogens is 438 g/mol. The fourth-order valence-electron chi connectivity index (χ4n) is 9.65. The molecule has 3 aliphatic carbocycles. The van der Waals surface area contributed by atoms with E-state index in [1.165, 1.54) is 11.1 Å². The van der Waals surface area contributed by atoms with Crippen molar-refractivity contribution in [2.45, 2.75) is 55.6 Å². The lowest BCUT2D eigenvalue weighted by atomic mass is 9.43. The molecule has 4 fully saturated rings. The Kier molecular flexibility index (Phi) is 4.71. The van der Waals surface area contributed by atoms with Crippen molar-refractivity contribution in [2.24, 2.45) is 23.0 Å². The molecule has 2 heterocycles. The molecule has 0 radical (unpaired) electrons. The van der Waals surface area contributed by atoms with E-state index in [-0.39, 0.29) is 35.4 Å². The molecule has 184 valence electrons. The Hall–Kier alpha value is -2.41. The summed E-state index contributed by atoms with van der Waals surface area (Å²) >= 11 is 0. The first kappa shape index (κ1) is 21.8. The third-order valence-electron chi connectivity index (χ3n) is 10.6. The number of carbonyl (C=O) groups excluding carboxylic acids is 1. The van der Waals surface area contributed by atoms with E-state index >= 15 is 0 Å². The second-order valence-corrected chi connectivity index (χ2v) is 11.8. The fourth-order valence-corrected chi connectivity index (χ4v) is 9.65. The summed E-state index contributed by atoms with van der Waals surface area (Å²) in [6.07, 6.45) is 5.30. The summed E-state index contributed by atoms with van der Waals surface area (Å²) in [5.41, 5.74) is 9.87. The number of nitrogens with zero attached hydrogens (tertiary/aromatic N) is 2. The average molecular weight is 474 g/mol. The number of rotatable bonds is 4. The van der Waals surface area contributed by atoms with Crippen LogP contribution < -0.4 is 5.73 Å². The van der Waals surface area contributed by atoms with Gasteiger partial charge in [-0.15, -0.1) is 0 Å². The van der Waals surface area contributed by atoms with E-state index < -0.39 is 0 Å². The van der Waals surface area contributed by atoms with Crippen LogP contribution in [0.5, 0.6) is 5.75 Å². The van der Waals surface area contributed by atoms with Gasteiger partial charge in [-0.1, -0.05) is 24.3 Å². The molecule has 2 aromatic rings. The number of amides is 1. The number of aromatic hydroxyl groups is 1. The van der Waals surface area contributed by atoms with Gasteiger partial charge >= 0.3 is 0 Å². The first-order valence-electron chi connectivity index (χ1n) is 13.3. The highest BCUT2D eigenvalue weighted by Crippen LogP contribution is 2.75. The number of benzene rings is 2. The van der Waals surface area contributed by atoms with Crippen LogP contribution in [-0.2, 0) is 11.8 Å². The van der Waals surface area contributed by atoms with Crippen molar-refractivity contribution in [3.63, 3.8) is 0 Å². The second-order valence-electron chi connectivity index (χ2n) is 11.8. The Morgan fingerprint density at radius 1 is 1.17 bits per heavy atom. The van der Waals surface area contributed by atoms with Gasteiger partial charge < -0.3 is 20.8 Å². The van der Waals surface area contributed by atoms with E-state index in [1.54, 1.807) is 0 Å². The minimum Gasteiger partial charge on any atom is -0.508 e. The van der Waals surface area contributed by atoms with Crippen molar-refractivity contribution in [2.75, 3.05) is 26.2 Å².